The summed E-state index contributed by atoms with van der Waals surface area (Å²) in [5.41, 5.74) is 0.993. The van der Waals surface area contributed by atoms with Crippen LogP contribution in [0.25, 0.3) is 10.2 Å². The molecule has 0 radical (unpaired) electrons. The van der Waals surface area contributed by atoms with Gasteiger partial charge in [0, 0.05) is 6.54 Å². The number of para-hydroxylation sites is 3. The topological polar surface area (TPSA) is 51.5 Å². The van der Waals surface area contributed by atoms with Crippen LogP contribution in [-0.4, -0.2) is 23.6 Å². The predicted molar refractivity (Wildman–Crippen MR) is 95.2 cm³/mol. The van der Waals surface area contributed by atoms with Gasteiger partial charge >= 0.3 is 11.5 Å². The fourth-order valence-corrected chi connectivity index (χ4v) is 4.23. The van der Waals surface area contributed by atoms with Crippen molar-refractivity contribution in [1.29, 1.82) is 0 Å². The van der Waals surface area contributed by atoms with Gasteiger partial charge in [0.1, 0.15) is 11.8 Å². The summed E-state index contributed by atoms with van der Waals surface area (Å²) in [5, 5.41) is 0. The minimum absolute atomic E-state index is 0.0565. The highest BCUT2D eigenvalue weighted by atomic mass is 32.1. The van der Waals surface area contributed by atoms with Crippen molar-refractivity contribution < 1.29 is 18.3 Å². The monoisotopic (exact) mass is 376 g/mol. The number of carbonyl (C=O) groups is 1. The van der Waals surface area contributed by atoms with Gasteiger partial charge in [-0.15, -0.1) is 0 Å². The molecule has 3 aromatic rings. The number of benzene rings is 2. The van der Waals surface area contributed by atoms with Crippen molar-refractivity contribution in [3.05, 3.63) is 58.2 Å². The van der Waals surface area contributed by atoms with Gasteiger partial charge in [0.25, 0.3) is 0 Å². The van der Waals surface area contributed by atoms with Crippen LogP contribution in [0.1, 0.15) is 12.5 Å². The summed E-state index contributed by atoms with van der Waals surface area (Å²) in [7, 11) is 0. The van der Waals surface area contributed by atoms with E-state index in [0.717, 1.165) is 16.0 Å². The Kier molecular flexibility index (Phi) is 4.20. The van der Waals surface area contributed by atoms with Crippen molar-refractivity contribution in [3.63, 3.8) is 0 Å². The Morgan fingerprint density at radius 3 is 2.62 bits per heavy atom. The highest BCUT2D eigenvalue weighted by Crippen LogP contribution is 2.36. The molecule has 5 nitrogen and oxygen atoms in total. The van der Waals surface area contributed by atoms with E-state index < -0.39 is 12.7 Å². The molecule has 1 fully saturated rings. The molecule has 1 aliphatic heterocycles. The number of anilines is 1. The molecule has 8 heteroatoms. The highest BCUT2D eigenvalue weighted by Gasteiger charge is 2.37. The van der Waals surface area contributed by atoms with Crippen molar-refractivity contribution >= 4 is 33.1 Å². The molecule has 1 aromatic heterocycles. The van der Waals surface area contributed by atoms with Crippen LogP contribution in [-0.2, 0) is 4.79 Å². The Hall–Kier alpha value is -2.74. The van der Waals surface area contributed by atoms with Gasteiger partial charge in [-0.05, 0) is 30.7 Å². The van der Waals surface area contributed by atoms with E-state index in [-0.39, 0.29) is 22.2 Å². The van der Waals surface area contributed by atoms with Gasteiger partial charge < -0.3 is 9.64 Å². The fourth-order valence-electron chi connectivity index (χ4n) is 3.30. The van der Waals surface area contributed by atoms with Crippen molar-refractivity contribution in [1.82, 2.24) is 4.57 Å². The average Bonchev–Trinajstić information content (AvgIpc) is 3.14. The van der Waals surface area contributed by atoms with Crippen LogP contribution in [0.5, 0.6) is 5.75 Å². The van der Waals surface area contributed by atoms with Crippen LogP contribution in [0.2, 0.25) is 0 Å². The lowest BCUT2D eigenvalue weighted by Crippen LogP contribution is -2.31. The molecule has 0 aliphatic carbocycles. The van der Waals surface area contributed by atoms with Crippen LogP contribution >= 0.6 is 11.3 Å². The van der Waals surface area contributed by atoms with Crippen LogP contribution in [0.15, 0.2) is 53.3 Å². The standard InChI is InChI=1S/C18H14F2N2O3S/c19-17(20)25-14-7-3-1-5-11(14)21-10-9-13(16(21)23)22-12-6-2-4-8-15(12)26-18(22)24/h1-8,13,17H,9-10H2/t13-/m1/s1. The third-order valence-electron chi connectivity index (χ3n) is 4.38. The minimum Gasteiger partial charge on any atom is -0.433 e. The summed E-state index contributed by atoms with van der Waals surface area (Å²) in [4.78, 5) is 26.6. The summed E-state index contributed by atoms with van der Waals surface area (Å²) < 4.78 is 32.1. The van der Waals surface area contributed by atoms with Crippen molar-refractivity contribution in [2.75, 3.05) is 11.4 Å². The Bertz CT molecular complexity index is 1030. The van der Waals surface area contributed by atoms with Gasteiger partial charge in [-0.3, -0.25) is 14.2 Å². The second kappa shape index (κ2) is 6.53. The van der Waals surface area contributed by atoms with E-state index in [4.69, 9.17) is 0 Å². The number of ether oxygens (including phenoxy) is 1. The number of amides is 1. The SMILES string of the molecule is O=C1[C@H](n2c(=O)sc3ccccc32)CCN1c1ccccc1OC(F)F. The lowest BCUT2D eigenvalue weighted by molar-refractivity contribution is -0.119. The maximum atomic E-state index is 13.0. The van der Waals surface area contributed by atoms with Crippen molar-refractivity contribution in [3.8, 4) is 5.75 Å². The molecule has 1 saturated heterocycles. The molecule has 0 saturated carbocycles. The maximum absolute atomic E-state index is 13.0. The number of aromatic nitrogens is 1. The normalized spacial score (nSPS) is 17.4. The lowest BCUT2D eigenvalue weighted by Gasteiger charge is -2.20. The molecular formula is C18H14F2N2O3S. The number of rotatable bonds is 4. The third kappa shape index (κ3) is 2.76. The van der Waals surface area contributed by atoms with Gasteiger partial charge in [0.15, 0.2) is 0 Å². The van der Waals surface area contributed by atoms with Crippen LogP contribution < -0.4 is 14.5 Å². The zero-order chi connectivity index (χ0) is 18.3. The maximum Gasteiger partial charge on any atom is 0.387 e. The molecule has 2 aromatic carbocycles. The van der Waals surface area contributed by atoms with Crippen molar-refractivity contribution in [2.45, 2.75) is 19.1 Å². The summed E-state index contributed by atoms with van der Waals surface area (Å²) in [6.07, 6.45) is 0.419. The van der Waals surface area contributed by atoms with Crippen LogP contribution in [0.3, 0.4) is 0 Å². The first kappa shape index (κ1) is 16.7. The predicted octanol–water partition coefficient (Wildman–Crippen LogP) is 3.64. The van der Waals surface area contributed by atoms with Crippen molar-refractivity contribution in [2.24, 2.45) is 0 Å². The Labute approximate surface area is 151 Å². The highest BCUT2D eigenvalue weighted by molar-refractivity contribution is 7.16. The molecule has 26 heavy (non-hydrogen) atoms. The van der Waals surface area contributed by atoms with E-state index in [2.05, 4.69) is 4.74 Å². The van der Waals surface area contributed by atoms with E-state index in [9.17, 15) is 18.4 Å². The molecular weight excluding hydrogens is 362 g/mol. The van der Waals surface area contributed by atoms with E-state index in [1.807, 2.05) is 18.2 Å². The largest absolute Gasteiger partial charge is 0.433 e. The van der Waals surface area contributed by atoms with E-state index in [0.29, 0.717) is 18.5 Å². The van der Waals surface area contributed by atoms with Gasteiger partial charge in [-0.25, -0.2) is 0 Å². The molecule has 1 aliphatic rings. The molecule has 0 N–H and O–H groups in total. The van der Waals surface area contributed by atoms with Crippen LogP contribution in [0, 0.1) is 0 Å². The number of halogens is 2. The zero-order valence-electron chi connectivity index (χ0n) is 13.5. The number of hydrogen-bond acceptors (Lipinski definition) is 4. The number of thiazole rings is 1. The minimum atomic E-state index is -2.98. The average molecular weight is 376 g/mol. The molecule has 1 amide bonds. The Morgan fingerprint density at radius 2 is 1.81 bits per heavy atom. The number of carbonyl (C=O) groups excluding carboxylic acids is 1. The molecule has 0 unspecified atom stereocenters. The molecule has 2 heterocycles. The van der Waals surface area contributed by atoms with Gasteiger partial charge in [-0.1, -0.05) is 35.6 Å². The zero-order valence-corrected chi connectivity index (χ0v) is 14.3. The number of fused-ring (bicyclic) bond motifs is 1. The molecule has 4 rings (SSSR count). The summed E-state index contributed by atoms with van der Waals surface area (Å²) in [5.74, 6) is -0.361. The Morgan fingerprint density at radius 1 is 1.08 bits per heavy atom. The molecule has 134 valence electrons. The van der Waals surface area contributed by atoms with E-state index in [1.165, 1.54) is 15.5 Å². The van der Waals surface area contributed by atoms with Crippen LogP contribution in [0.4, 0.5) is 14.5 Å². The third-order valence-corrected chi connectivity index (χ3v) is 5.32. The smallest absolute Gasteiger partial charge is 0.387 e. The number of hydrogen-bond donors (Lipinski definition) is 0. The first-order valence-corrected chi connectivity index (χ1v) is 8.83. The van der Waals surface area contributed by atoms with E-state index in [1.54, 1.807) is 24.3 Å². The second-order valence-corrected chi connectivity index (χ2v) is 6.84. The quantitative estimate of drug-likeness (QED) is 0.699. The molecule has 0 bridgehead atoms. The first-order valence-electron chi connectivity index (χ1n) is 8.01. The summed E-state index contributed by atoms with van der Waals surface area (Å²) >= 11 is 1.09. The molecule has 0 spiro atoms. The second-order valence-electron chi connectivity index (χ2n) is 5.85. The van der Waals surface area contributed by atoms with Gasteiger partial charge in [0.2, 0.25) is 5.91 Å². The lowest BCUT2D eigenvalue weighted by atomic mass is 10.2. The fraction of sp³-hybridized carbons (Fsp3) is 0.222. The van der Waals surface area contributed by atoms with E-state index >= 15 is 0 Å². The van der Waals surface area contributed by atoms with Gasteiger partial charge in [0.05, 0.1) is 15.9 Å². The Balaban J connectivity index is 1.71. The number of alkyl halides is 2. The summed E-state index contributed by atoms with van der Waals surface area (Å²) in [6, 6.07) is 12.8. The number of nitrogens with zero attached hydrogens (tertiary/aromatic N) is 2. The first-order chi connectivity index (χ1) is 12.6. The van der Waals surface area contributed by atoms with Gasteiger partial charge in [-0.2, -0.15) is 8.78 Å². The summed E-state index contributed by atoms with van der Waals surface area (Å²) in [6.45, 7) is -2.66. The molecule has 1 atom stereocenters.